The lowest BCUT2D eigenvalue weighted by atomic mass is 10.0. The number of carbonyl (C=O) groups excluding carboxylic acids is 2. The monoisotopic (exact) mass is 379 g/mol. The summed E-state index contributed by atoms with van der Waals surface area (Å²) < 4.78 is 10.4. The summed E-state index contributed by atoms with van der Waals surface area (Å²) in [5, 5.41) is 5.41. The summed E-state index contributed by atoms with van der Waals surface area (Å²) in [5.41, 5.74) is 7.01. The standard InChI is InChI=1S/C20H33N3O4/c1-19(2,3)26-17(24)22-12-15-9-7-8-14(10-15)11-16(21)13-23-18(25)27-20(4,5)6/h7-10,16H,11-13,21H2,1-6H3,(H,22,24)(H,23,25)/t16-/m0/s1. The number of alkyl carbamates (subject to hydrolysis) is 2. The van der Waals surface area contributed by atoms with E-state index in [1.165, 1.54) is 0 Å². The van der Waals surface area contributed by atoms with E-state index in [0.717, 1.165) is 11.1 Å². The first-order chi connectivity index (χ1) is 12.3. The molecule has 27 heavy (non-hydrogen) atoms. The third-order valence-electron chi connectivity index (χ3n) is 3.23. The molecule has 0 radical (unpaired) electrons. The first kappa shape index (κ1) is 22.8. The molecule has 7 nitrogen and oxygen atoms in total. The van der Waals surface area contributed by atoms with E-state index in [0.29, 0.717) is 19.5 Å². The highest BCUT2D eigenvalue weighted by Crippen LogP contribution is 2.10. The minimum absolute atomic E-state index is 0.244. The molecule has 0 spiro atoms. The number of benzene rings is 1. The van der Waals surface area contributed by atoms with Crippen molar-refractivity contribution in [2.24, 2.45) is 5.73 Å². The van der Waals surface area contributed by atoms with Crippen LogP contribution in [0.1, 0.15) is 52.7 Å². The Labute approximate surface area is 162 Å². The van der Waals surface area contributed by atoms with Crippen LogP contribution in [-0.2, 0) is 22.4 Å². The summed E-state index contributed by atoms with van der Waals surface area (Å²) in [6, 6.07) is 7.53. The molecule has 7 heteroatoms. The molecular formula is C20H33N3O4. The van der Waals surface area contributed by atoms with Gasteiger partial charge in [0.15, 0.2) is 0 Å². The van der Waals surface area contributed by atoms with Gasteiger partial charge in [-0.2, -0.15) is 0 Å². The number of nitrogens with two attached hydrogens (primary N) is 1. The van der Waals surface area contributed by atoms with Gasteiger partial charge in [-0.25, -0.2) is 9.59 Å². The molecular weight excluding hydrogens is 346 g/mol. The average Bonchev–Trinajstić information content (AvgIpc) is 2.48. The summed E-state index contributed by atoms with van der Waals surface area (Å²) >= 11 is 0. The van der Waals surface area contributed by atoms with Gasteiger partial charge in [0.2, 0.25) is 0 Å². The molecule has 1 aromatic rings. The zero-order valence-corrected chi connectivity index (χ0v) is 17.2. The Morgan fingerprint density at radius 1 is 0.963 bits per heavy atom. The molecule has 0 saturated carbocycles. The van der Waals surface area contributed by atoms with Crippen molar-refractivity contribution in [3.63, 3.8) is 0 Å². The van der Waals surface area contributed by atoms with Crippen LogP contribution in [-0.4, -0.2) is 36.0 Å². The summed E-state index contributed by atoms with van der Waals surface area (Å²) in [6.45, 7) is 11.6. The Morgan fingerprint density at radius 3 is 2.04 bits per heavy atom. The van der Waals surface area contributed by atoms with E-state index in [-0.39, 0.29) is 6.04 Å². The zero-order chi connectivity index (χ0) is 20.7. The van der Waals surface area contributed by atoms with Gasteiger partial charge in [-0.1, -0.05) is 24.3 Å². The number of hydrogen-bond acceptors (Lipinski definition) is 5. The molecule has 0 unspecified atom stereocenters. The Hall–Kier alpha value is -2.28. The Morgan fingerprint density at radius 2 is 1.48 bits per heavy atom. The van der Waals surface area contributed by atoms with Gasteiger partial charge in [0.25, 0.3) is 0 Å². The van der Waals surface area contributed by atoms with Gasteiger partial charge in [-0.15, -0.1) is 0 Å². The molecule has 4 N–H and O–H groups in total. The number of rotatable bonds is 6. The van der Waals surface area contributed by atoms with Crippen LogP contribution in [0.3, 0.4) is 0 Å². The fraction of sp³-hybridized carbons (Fsp3) is 0.600. The topological polar surface area (TPSA) is 103 Å². The second-order valence-electron chi connectivity index (χ2n) is 8.52. The number of carbonyl (C=O) groups is 2. The molecule has 0 saturated heterocycles. The third-order valence-corrected chi connectivity index (χ3v) is 3.23. The second-order valence-corrected chi connectivity index (χ2v) is 8.52. The Kier molecular flexibility index (Phi) is 8.09. The number of hydrogen-bond donors (Lipinski definition) is 3. The average molecular weight is 380 g/mol. The van der Waals surface area contributed by atoms with E-state index in [4.69, 9.17) is 15.2 Å². The molecule has 2 amide bonds. The maximum Gasteiger partial charge on any atom is 0.407 e. The predicted molar refractivity (Wildman–Crippen MR) is 105 cm³/mol. The van der Waals surface area contributed by atoms with Crippen LogP contribution in [0, 0.1) is 0 Å². The van der Waals surface area contributed by atoms with Gasteiger partial charge in [-0.05, 0) is 59.1 Å². The van der Waals surface area contributed by atoms with Crippen LogP contribution in [0.4, 0.5) is 9.59 Å². The van der Waals surface area contributed by atoms with Crippen molar-refractivity contribution >= 4 is 12.2 Å². The normalized spacial score (nSPS) is 12.9. The van der Waals surface area contributed by atoms with E-state index in [1.807, 2.05) is 65.8 Å². The first-order valence-corrected chi connectivity index (χ1v) is 9.11. The van der Waals surface area contributed by atoms with Crippen LogP contribution in [0.25, 0.3) is 0 Å². The van der Waals surface area contributed by atoms with Crippen LogP contribution in [0.2, 0.25) is 0 Å². The third kappa shape index (κ3) is 11.1. The largest absolute Gasteiger partial charge is 0.444 e. The lowest BCUT2D eigenvalue weighted by Crippen LogP contribution is -2.41. The second kappa shape index (κ2) is 9.60. The van der Waals surface area contributed by atoms with Gasteiger partial charge >= 0.3 is 12.2 Å². The fourth-order valence-corrected chi connectivity index (χ4v) is 2.26. The smallest absolute Gasteiger partial charge is 0.407 e. The molecule has 0 aliphatic rings. The molecule has 1 atom stereocenters. The van der Waals surface area contributed by atoms with Crippen molar-refractivity contribution in [1.82, 2.24) is 10.6 Å². The van der Waals surface area contributed by atoms with Crippen molar-refractivity contribution in [2.45, 2.75) is 71.8 Å². The number of nitrogens with one attached hydrogen (secondary N) is 2. The molecule has 1 aromatic carbocycles. The molecule has 0 aromatic heterocycles. The summed E-state index contributed by atoms with van der Waals surface area (Å²) in [5.74, 6) is 0. The molecule has 152 valence electrons. The van der Waals surface area contributed by atoms with E-state index >= 15 is 0 Å². The van der Waals surface area contributed by atoms with Crippen molar-refractivity contribution in [2.75, 3.05) is 6.54 Å². The highest BCUT2D eigenvalue weighted by atomic mass is 16.6. The van der Waals surface area contributed by atoms with Gasteiger partial charge in [0.1, 0.15) is 11.2 Å². The summed E-state index contributed by atoms with van der Waals surface area (Å²) in [4.78, 5) is 23.4. The van der Waals surface area contributed by atoms with Crippen molar-refractivity contribution in [1.29, 1.82) is 0 Å². The maximum atomic E-state index is 11.7. The van der Waals surface area contributed by atoms with Crippen molar-refractivity contribution in [3.8, 4) is 0 Å². The zero-order valence-electron chi connectivity index (χ0n) is 17.2. The van der Waals surface area contributed by atoms with Crippen molar-refractivity contribution < 1.29 is 19.1 Å². The molecule has 0 fully saturated rings. The molecule has 0 aliphatic heterocycles. The highest BCUT2D eigenvalue weighted by molar-refractivity contribution is 5.68. The Bertz CT molecular complexity index is 633. The quantitative estimate of drug-likeness (QED) is 0.705. The molecule has 0 aliphatic carbocycles. The lowest BCUT2D eigenvalue weighted by Gasteiger charge is -2.21. The summed E-state index contributed by atoms with van der Waals surface area (Å²) in [7, 11) is 0. The summed E-state index contributed by atoms with van der Waals surface area (Å²) in [6.07, 6.45) is -0.338. The first-order valence-electron chi connectivity index (χ1n) is 9.11. The predicted octanol–water partition coefficient (Wildman–Crippen LogP) is 3.11. The minimum Gasteiger partial charge on any atom is -0.444 e. The van der Waals surface area contributed by atoms with E-state index in [9.17, 15) is 9.59 Å². The van der Waals surface area contributed by atoms with Gasteiger partial charge in [0.05, 0.1) is 0 Å². The fourth-order valence-electron chi connectivity index (χ4n) is 2.26. The van der Waals surface area contributed by atoms with Crippen LogP contribution < -0.4 is 16.4 Å². The molecule has 0 bridgehead atoms. The van der Waals surface area contributed by atoms with E-state index in [1.54, 1.807) is 0 Å². The molecule has 1 rings (SSSR count). The number of ether oxygens (including phenoxy) is 2. The minimum atomic E-state index is -0.538. The van der Waals surface area contributed by atoms with Gasteiger partial charge in [0, 0.05) is 19.1 Å². The van der Waals surface area contributed by atoms with Crippen LogP contribution in [0.5, 0.6) is 0 Å². The van der Waals surface area contributed by atoms with Crippen LogP contribution >= 0.6 is 0 Å². The lowest BCUT2D eigenvalue weighted by molar-refractivity contribution is 0.0513. The van der Waals surface area contributed by atoms with Crippen LogP contribution in [0.15, 0.2) is 24.3 Å². The maximum absolute atomic E-state index is 11.7. The Balaban J connectivity index is 2.47. The van der Waals surface area contributed by atoms with E-state index < -0.39 is 23.4 Å². The van der Waals surface area contributed by atoms with Crippen molar-refractivity contribution in [3.05, 3.63) is 35.4 Å². The molecule has 0 heterocycles. The van der Waals surface area contributed by atoms with Gasteiger partial charge < -0.3 is 25.8 Å². The van der Waals surface area contributed by atoms with E-state index in [2.05, 4.69) is 10.6 Å². The van der Waals surface area contributed by atoms with Gasteiger partial charge in [-0.3, -0.25) is 0 Å². The SMILES string of the molecule is CC(C)(C)OC(=O)NCc1cccc(C[C@H](N)CNC(=O)OC(C)(C)C)c1. The number of amides is 2. The highest BCUT2D eigenvalue weighted by Gasteiger charge is 2.17.